The summed E-state index contributed by atoms with van der Waals surface area (Å²) in [5.41, 5.74) is -1.45. The van der Waals surface area contributed by atoms with Crippen LogP contribution in [-0.4, -0.2) is 23.1 Å². The van der Waals surface area contributed by atoms with Gasteiger partial charge in [-0.2, -0.15) is 0 Å². The SMILES string of the molecule is CC(=O)C(C)(O)COc1cccc2ccccc12. The van der Waals surface area contributed by atoms with Crippen molar-refractivity contribution >= 4 is 16.6 Å². The van der Waals surface area contributed by atoms with Crippen molar-refractivity contribution in [2.45, 2.75) is 19.4 Å². The lowest BCUT2D eigenvalue weighted by Gasteiger charge is -2.20. The van der Waals surface area contributed by atoms with Gasteiger partial charge in [0.25, 0.3) is 0 Å². The van der Waals surface area contributed by atoms with E-state index in [1.165, 1.54) is 13.8 Å². The Morgan fingerprint density at radius 3 is 2.61 bits per heavy atom. The van der Waals surface area contributed by atoms with Crippen molar-refractivity contribution in [1.82, 2.24) is 0 Å². The van der Waals surface area contributed by atoms with Gasteiger partial charge in [0, 0.05) is 5.39 Å². The molecule has 1 N–H and O–H groups in total. The van der Waals surface area contributed by atoms with Gasteiger partial charge in [0.1, 0.15) is 12.4 Å². The van der Waals surface area contributed by atoms with Crippen LogP contribution in [0, 0.1) is 0 Å². The largest absolute Gasteiger partial charge is 0.489 e. The third-order valence-corrected chi connectivity index (χ3v) is 3.02. The van der Waals surface area contributed by atoms with Gasteiger partial charge in [-0.1, -0.05) is 36.4 Å². The summed E-state index contributed by atoms with van der Waals surface area (Å²) in [4.78, 5) is 11.2. The lowest BCUT2D eigenvalue weighted by Crippen LogP contribution is -2.39. The van der Waals surface area contributed by atoms with Gasteiger partial charge < -0.3 is 9.84 Å². The molecule has 0 heterocycles. The zero-order valence-corrected chi connectivity index (χ0v) is 10.5. The Morgan fingerprint density at radius 1 is 1.22 bits per heavy atom. The van der Waals surface area contributed by atoms with Crippen molar-refractivity contribution in [3.63, 3.8) is 0 Å². The number of rotatable bonds is 4. The molecule has 0 fully saturated rings. The molecule has 2 aromatic carbocycles. The molecule has 3 heteroatoms. The number of carbonyl (C=O) groups is 1. The number of ether oxygens (including phenoxy) is 1. The zero-order chi connectivity index (χ0) is 13.2. The summed E-state index contributed by atoms with van der Waals surface area (Å²) in [7, 11) is 0. The number of ketones is 1. The van der Waals surface area contributed by atoms with Gasteiger partial charge in [-0.05, 0) is 25.3 Å². The number of hydrogen-bond donors (Lipinski definition) is 1. The van der Waals surface area contributed by atoms with Gasteiger partial charge in [-0.15, -0.1) is 0 Å². The monoisotopic (exact) mass is 244 g/mol. The first kappa shape index (κ1) is 12.6. The molecule has 0 amide bonds. The van der Waals surface area contributed by atoms with E-state index < -0.39 is 5.60 Å². The van der Waals surface area contributed by atoms with E-state index in [9.17, 15) is 9.90 Å². The van der Waals surface area contributed by atoms with Gasteiger partial charge in [-0.25, -0.2) is 0 Å². The topological polar surface area (TPSA) is 46.5 Å². The molecule has 0 radical (unpaired) electrons. The molecule has 3 nitrogen and oxygen atoms in total. The minimum Gasteiger partial charge on any atom is -0.489 e. The Morgan fingerprint density at radius 2 is 1.89 bits per heavy atom. The highest BCUT2D eigenvalue weighted by molar-refractivity contribution is 5.88. The van der Waals surface area contributed by atoms with Crippen LogP contribution in [0.25, 0.3) is 10.8 Å². The quantitative estimate of drug-likeness (QED) is 0.899. The fraction of sp³-hybridized carbons (Fsp3) is 0.267. The van der Waals surface area contributed by atoms with Crippen LogP contribution in [0.4, 0.5) is 0 Å². The Hall–Kier alpha value is -1.87. The summed E-state index contributed by atoms with van der Waals surface area (Å²) >= 11 is 0. The van der Waals surface area contributed by atoms with E-state index in [0.717, 1.165) is 10.8 Å². The second-order valence-corrected chi connectivity index (χ2v) is 4.60. The molecule has 0 aliphatic rings. The van der Waals surface area contributed by atoms with E-state index in [2.05, 4.69) is 0 Å². The number of aliphatic hydroxyl groups is 1. The first-order valence-electron chi connectivity index (χ1n) is 5.85. The lowest BCUT2D eigenvalue weighted by molar-refractivity contribution is -0.136. The summed E-state index contributed by atoms with van der Waals surface area (Å²) in [6.07, 6.45) is 0. The maximum atomic E-state index is 11.2. The minimum absolute atomic E-state index is 0.0453. The minimum atomic E-state index is -1.45. The van der Waals surface area contributed by atoms with E-state index in [1.54, 1.807) is 0 Å². The summed E-state index contributed by atoms with van der Waals surface area (Å²) < 4.78 is 5.57. The molecule has 0 aliphatic carbocycles. The highest BCUT2D eigenvalue weighted by Gasteiger charge is 2.27. The first-order chi connectivity index (χ1) is 8.50. The zero-order valence-electron chi connectivity index (χ0n) is 10.5. The molecule has 1 atom stereocenters. The number of Topliss-reactive ketones (excluding diaryl/α,β-unsaturated/α-hetero) is 1. The van der Waals surface area contributed by atoms with E-state index in [1.807, 2.05) is 42.5 Å². The van der Waals surface area contributed by atoms with E-state index >= 15 is 0 Å². The molecule has 0 saturated carbocycles. The van der Waals surface area contributed by atoms with Gasteiger partial charge in [0.2, 0.25) is 0 Å². The first-order valence-corrected chi connectivity index (χ1v) is 5.85. The van der Waals surface area contributed by atoms with Crippen molar-refractivity contribution in [1.29, 1.82) is 0 Å². The number of fused-ring (bicyclic) bond motifs is 1. The van der Waals surface area contributed by atoms with Crippen LogP contribution >= 0.6 is 0 Å². The average molecular weight is 244 g/mol. The van der Waals surface area contributed by atoms with Crippen LogP contribution in [0.15, 0.2) is 42.5 Å². The number of carbonyl (C=O) groups excluding carboxylic acids is 1. The summed E-state index contributed by atoms with van der Waals surface area (Å²) in [5, 5.41) is 11.9. The van der Waals surface area contributed by atoms with Gasteiger partial charge in [0.05, 0.1) is 0 Å². The maximum Gasteiger partial charge on any atom is 0.164 e. The Labute approximate surface area is 106 Å². The van der Waals surface area contributed by atoms with E-state index in [-0.39, 0.29) is 12.4 Å². The fourth-order valence-electron chi connectivity index (χ4n) is 1.64. The molecule has 0 saturated heterocycles. The smallest absolute Gasteiger partial charge is 0.164 e. The predicted octanol–water partition coefficient (Wildman–Crippen LogP) is 2.56. The molecule has 94 valence electrons. The Kier molecular flexibility index (Phi) is 3.34. The molecule has 2 aromatic rings. The molecule has 1 unspecified atom stereocenters. The third-order valence-electron chi connectivity index (χ3n) is 3.02. The Bertz CT molecular complexity index is 567. The van der Waals surface area contributed by atoms with Crippen LogP contribution in [0.5, 0.6) is 5.75 Å². The van der Waals surface area contributed by atoms with Crippen LogP contribution in [0.3, 0.4) is 0 Å². The summed E-state index contributed by atoms with van der Waals surface area (Å²) in [6, 6.07) is 13.5. The average Bonchev–Trinajstić information content (AvgIpc) is 2.36. The molecule has 18 heavy (non-hydrogen) atoms. The predicted molar refractivity (Wildman–Crippen MR) is 70.7 cm³/mol. The van der Waals surface area contributed by atoms with Crippen LogP contribution < -0.4 is 4.74 Å². The van der Waals surface area contributed by atoms with Crippen LogP contribution in [0.1, 0.15) is 13.8 Å². The standard InChI is InChI=1S/C15H16O3/c1-11(16)15(2,17)10-18-14-9-5-7-12-6-3-4-8-13(12)14/h3-9,17H,10H2,1-2H3. The maximum absolute atomic E-state index is 11.2. The van der Waals surface area contributed by atoms with Crippen LogP contribution in [-0.2, 0) is 4.79 Å². The van der Waals surface area contributed by atoms with Crippen molar-refractivity contribution < 1.29 is 14.6 Å². The molecule has 0 aromatic heterocycles. The van der Waals surface area contributed by atoms with E-state index in [0.29, 0.717) is 5.75 Å². The molecule has 0 aliphatic heterocycles. The van der Waals surface area contributed by atoms with Crippen molar-refractivity contribution in [2.24, 2.45) is 0 Å². The normalized spacial score (nSPS) is 14.2. The fourth-order valence-corrected chi connectivity index (χ4v) is 1.64. The van der Waals surface area contributed by atoms with Crippen LogP contribution in [0.2, 0.25) is 0 Å². The van der Waals surface area contributed by atoms with Gasteiger partial charge >= 0.3 is 0 Å². The molecular weight excluding hydrogens is 228 g/mol. The van der Waals surface area contributed by atoms with Crippen molar-refractivity contribution in [2.75, 3.05) is 6.61 Å². The summed E-state index contributed by atoms with van der Waals surface area (Å²) in [5.74, 6) is 0.373. The highest BCUT2D eigenvalue weighted by Crippen LogP contribution is 2.25. The number of hydrogen-bond acceptors (Lipinski definition) is 3. The highest BCUT2D eigenvalue weighted by atomic mass is 16.5. The lowest BCUT2D eigenvalue weighted by atomic mass is 10.0. The van der Waals surface area contributed by atoms with E-state index in [4.69, 9.17) is 4.74 Å². The molecule has 0 spiro atoms. The Balaban J connectivity index is 2.25. The second kappa shape index (κ2) is 4.78. The van der Waals surface area contributed by atoms with Gasteiger partial charge in [-0.3, -0.25) is 4.79 Å². The van der Waals surface area contributed by atoms with Gasteiger partial charge in [0.15, 0.2) is 11.4 Å². The molecular formula is C15H16O3. The molecule has 0 bridgehead atoms. The van der Waals surface area contributed by atoms with Crippen molar-refractivity contribution in [3.8, 4) is 5.75 Å². The van der Waals surface area contributed by atoms with Crippen molar-refractivity contribution in [3.05, 3.63) is 42.5 Å². The third kappa shape index (κ3) is 2.51. The number of benzene rings is 2. The summed E-state index contributed by atoms with van der Waals surface area (Å²) in [6.45, 7) is 2.77. The molecule has 2 rings (SSSR count). The second-order valence-electron chi connectivity index (χ2n) is 4.60.